The number of benzene rings is 2. The Balaban J connectivity index is 2.09. The Bertz CT molecular complexity index is 709. The van der Waals surface area contributed by atoms with Crippen molar-refractivity contribution in [2.75, 3.05) is 0 Å². The second kappa shape index (κ2) is 7.37. The van der Waals surface area contributed by atoms with Crippen molar-refractivity contribution < 1.29 is 0 Å². The van der Waals surface area contributed by atoms with Crippen molar-refractivity contribution in [1.29, 1.82) is 5.41 Å². The maximum atomic E-state index is 8.15. The van der Waals surface area contributed by atoms with Crippen LogP contribution in [0.2, 0.25) is 0 Å². The third-order valence-electron chi connectivity index (χ3n) is 3.47. The van der Waals surface area contributed by atoms with E-state index < -0.39 is 0 Å². The van der Waals surface area contributed by atoms with E-state index in [2.05, 4.69) is 81.7 Å². The zero-order valence-electron chi connectivity index (χ0n) is 14.0. The minimum Gasteiger partial charge on any atom is -0.282 e. The van der Waals surface area contributed by atoms with Crippen LogP contribution in [0.1, 0.15) is 37.5 Å². The van der Waals surface area contributed by atoms with Gasteiger partial charge in [0.15, 0.2) is 5.84 Å². The second-order valence-corrected chi connectivity index (χ2v) is 8.41. The lowest BCUT2D eigenvalue weighted by Gasteiger charge is -2.18. The normalized spacial score (nSPS) is 12.3. The Labute approximate surface area is 148 Å². The summed E-state index contributed by atoms with van der Waals surface area (Å²) >= 11 is 5.01. The SMILES string of the molecule is Cc1ccc(SC([SH2+])=NC(=N)c2ccc(C(C)(C)C)cc2)cc1. The molecular formula is C19H23N2S2+. The van der Waals surface area contributed by atoms with E-state index in [4.69, 9.17) is 5.41 Å². The third-order valence-corrected chi connectivity index (χ3v) is 4.68. The van der Waals surface area contributed by atoms with Crippen molar-refractivity contribution in [3.05, 3.63) is 65.2 Å². The molecule has 0 aliphatic rings. The Kier molecular flexibility index (Phi) is 5.71. The molecule has 1 N–H and O–H groups in total. The molecule has 0 spiro atoms. The van der Waals surface area contributed by atoms with Gasteiger partial charge in [0.25, 0.3) is 4.38 Å². The zero-order valence-corrected chi connectivity index (χ0v) is 15.8. The van der Waals surface area contributed by atoms with Crippen molar-refractivity contribution in [3.8, 4) is 0 Å². The van der Waals surface area contributed by atoms with Crippen LogP contribution in [0, 0.1) is 12.3 Å². The van der Waals surface area contributed by atoms with Crippen LogP contribution < -0.4 is 0 Å². The van der Waals surface area contributed by atoms with Crippen molar-refractivity contribution in [2.24, 2.45) is 4.99 Å². The van der Waals surface area contributed by atoms with Crippen LogP contribution in [0.3, 0.4) is 0 Å². The van der Waals surface area contributed by atoms with Crippen LogP contribution >= 0.6 is 11.8 Å². The number of nitrogens with zero attached hydrogens (tertiary/aromatic N) is 1. The topological polar surface area (TPSA) is 36.2 Å². The lowest BCUT2D eigenvalue weighted by Crippen LogP contribution is -2.11. The van der Waals surface area contributed by atoms with Gasteiger partial charge in [-0.05, 0) is 41.8 Å². The minimum absolute atomic E-state index is 0.117. The fraction of sp³-hybridized carbons (Fsp3) is 0.263. The summed E-state index contributed by atoms with van der Waals surface area (Å²) in [5.74, 6) is 0.259. The summed E-state index contributed by atoms with van der Waals surface area (Å²) in [5.41, 5.74) is 3.42. The van der Waals surface area contributed by atoms with Crippen LogP contribution in [-0.2, 0) is 18.0 Å². The Morgan fingerprint density at radius 3 is 2.09 bits per heavy atom. The van der Waals surface area contributed by atoms with E-state index in [1.165, 1.54) is 22.9 Å². The van der Waals surface area contributed by atoms with Crippen molar-refractivity contribution in [1.82, 2.24) is 0 Å². The average Bonchev–Trinajstić information content (AvgIpc) is 2.49. The van der Waals surface area contributed by atoms with Crippen molar-refractivity contribution in [3.63, 3.8) is 0 Å². The number of hydrogen-bond donors (Lipinski definition) is 1. The quantitative estimate of drug-likeness (QED) is 0.362. The molecule has 0 saturated carbocycles. The first-order valence-electron chi connectivity index (χ1n) is 7.50. The monoisotopic (exact) mass is 343 g/mol. The van der Waals surface area contributed by atoms with Gasteiger partial charge in [0.1, 0.15) is 0 Å². The van der Waals surface area contributed by atoms with E-state index in [-0.39, 0.29) is 11.3 Å². The molecule has 0 aromatic heterocycles. The minimum atomic E-state index is 0.117. The van der Waals surface area contributed by atoms with Gasteiger partial charge < -0.3 is 0 Å². The van der Waals surface area contributed by atoms with Gasteiger partial charge in [-0.1, -0.05) is 62.7 Å². The molecule has 4 heteroatoms. The van der Waals surface area contributed by atoms with Gasteiger partial charge in [0.05, 0.1) is 0 Å². The van der Waals surface area contributed by atoms with Crippen LogP contribution in [0.15, 0.2) is 58.4 Å². The summed E-state index contributed by atoms with van der Waals surface area (Å²) in [6.07, 6.45) is 0. The Morgan fingerprint density at radius 1 is 1.00 bits per heavy atom. The molecule has 23 heavy (non-hydrogen) atoms. The number of thioether (sulfide) groups is 1. The third kappa shape index (κ3) is 5.26. The molecule has 0 saturated heterocycles. The van der Waals surface area contributed by atoms with Gasteiger partial charge in [0, 0.05) is 23.1 Å². The summed E-state index contributed by atoms with van der Waals surface area (Å²) in [4.78, 5) is 5.43. The van der Waals surface area contributed by atoms with Gasteiger partial charge in [-0.15, -0.1) is 0 Å². The first-order valence-corrected chi connectivity index (χ1v) is 8.81. The van der Waals surface area contributed by atoms with Crippen LogP contribution in [0.5, 0.6) is 0 Å². The molecule has 2 nitrogen and oxygen atoms in total. The standard InChI is InChI=1S/C19H22N2S2/c1-13-5-11-16(12-6-13)23-18(22)21-17(20)14-7-9-15(10-8-14)19(2,3)4/h5-12H,1-4H3,(H2,20,21,22)/p+1. The number of aliphatic imine (C=N–C) groups is 1. The fourth-order valence-corrected chi connectivity index (χ4v) is 3.13. The summed E-state index contributed by atoms with van der Waals surface area (Å²) in [6, 6.07) is 16.3. The predicted molar refractivity (Wildman–Crippen MR) is 107 cm³/mol. The van der Waals surface area contributed by atoms with Gasteiger partial charge in [-0.25, -0.2) is 0 Å². The first kappa shape index (κ1) is 17.8. The van der Waals surface area contributed by atoms with E-state index in [9.17, 15) is 0 Å². The zero-order chi connectivity index (χ0) is 17.0. The fourth-order valence-electron chi connectivity index (χ4n) is 2.03. The molecule has 0 aliphatic heterocycles. The molecule has 0 heterocycles. The first-order chi connectivity index (χ1) is 10.8. The molecule has 0 bridgehead atoms. The van der Waals surface area contributed by atoms with Gasteiger partial charge in [0.2, 0.25) is 0 Å². The van der Waals surface area contributed by atoms with E-state index in [0.29, 0.717) is 4.38 Å². The molecule has 0 amide bonds. The molecular weight excluding hydrogens is 320 g/mol. The largest absolute Gasteiger partial charge is 0.284 e. The lowest BCUT2D eigenvalue weighted by atomic mass is 9.87. The van der Waals surface area contributed by atoms with Crippen molar-refractivity contribution >= 4 is 34.6 Å². The molecule has 2 rings (SSSR count). The van der Waals surface area contributed by atoms with Crippen molar-refractivity contribution in [2.45, 2.75) is 38.0 Å². The highest BCUT2D eigenvalue weighted by atomic mass is 32.2. The Morgan fingerprint density at radius 2 is 1.57 bits per heavy atom. The average molecular weight is 344 g/mol. The Hall–Kier alpha value is -1.52. The number of hydrogen-bond acceptors (Lipinski definition) is 2. The van der Waals surface area contributed by atoms with E-state index >= 15 is 0 Å². The highest BCUT2D eigenvalue weighted by molar-refractivity contribution is 8.27. The lowest BCUT2D eigenvalue weighted by molar-refractivity contribution is 0.590. The van der Waals surface area contributed by atoms with Crippen LogP contribution in [0.4, 0.5) is 0 Å². The summed E-state index contributed by atoms with van der Waals surface area (Å²) in [5, 5.41) is 8.15. The highest BCUT2D eigenvalue weighted by Crippen LogP contribution is 2.23. The molecule has 0 radical (unpaired) electrons. The van der Waals surface area contributed by atoms with Crippen LogP contribution in [0.25, 0.3) is 0 Å². The highest BCUT2D eigenvalue weighted by Gasteiger charge is 2.14. The number of nitrogens with one attached hydrogen (secondary N) is 1. The van der Waals surface area contributed by atoms with E-state index in [0.717, 1.165) is 10.5 Å². The van der Waals surface area contributed by atoms with E-state index in [1.54, 1.807) is 0 Å². The maximum Gasteiger partial charge on any atom is 0.284 e. The van der Waals surface area contributed by atoms with E-state index in [1.807, 2.05) is 12.1 Å². The summed E-state index contributed by atoms with van der Waals surface area (Å²) < 4.78 is 0.679. The van der Waals surface area contributed by atoms with Crippen LogP contribution in [-0.4, -0.2) is 10.2 Å². The number of amidine groups is 1. The molecule has 0 atom stereocenters. The van der Waals surface area contributed by atoms with Gasteiger partial charge in [-0.3, -0.25) is 5.41 Å². The summed E-state index contributed by atoms with van der Waals surface area (Å²) in [6.45, 7) is 8.61. The smallest absolute Gasteiger partial charge is 0.282 e. The summed E-state index contributed by atoms with van der Waals surface area (Å²) in [7, 11) is 0. The molecule has 0 aliphatic carbocycles. The number of aryl methyl sites for hydroxylation is 1. The molecule has 2 aromatic rings. The second-order valence-electron chi connectivity index (χ2n) is 6.51. The maximum absolute atomic E-state index is 8.15. The predicted octanol–water partition coefficient (Wildman–Crippen LogP) is 4.78. The number of rotatable bonds is 2. The molecule has 0 fully saturated rings. The molecule has 2 aromatic carbocycles. The van der Waals surface area contributed by atoms with Gasteiger partial charge >= 0.3 is 0 Å². The molecule has 0 unspecified atom stereocenters. The molecule has 120 valence electrons. The van der Waals surface area contributed by atoms with Gasteiger partial charge in [-0.2, -0.15) is 4.99 Å².